The second kappa shape index (κ2) is 3.89. The van der Waals surface area contributed by atoms with Crippen LogP contribution in [-0.4, -0.2) is 24.2 Å². The molecule has 3 heteroatoms. The van der Waals surface area contributed by atoms with E-state index in [1.54, 1.807) is 0 Å². The maximum atomic E-state index is 10.9. The van der Waals surface area contributed by atoms with E-state index in [4.69, 9.17) is 5.11 Å². The minimum Gasteiger partial charge on any atom is -0.481 e. The van der Waals surface area contributed by atoms with Gasteiger partial charge in [-0.1, -0.05) is 19.3 Å². The number of carboxylic acid groups (broad SMARTS) is 1. The third-order valence-corrected chi connectivity index (χ3v) is 3.83. The van der Waals surface area contributed by atoms with Gasteiger partial charge in [0.25, 0.3) is 0 Å². The highest BCUT2D eigenvalue weighted by molar-refractivity contribution is 5.70. The first-order valence-corrected chi connectivity index (χ1v) is 5.65. The van der Waals surface area contributed by atoms with Crippen LogP contribution in [0.3, 0.4) is 0 Å². The van der Waals surface area contributed by atoms with Crippen LogP contribution in [0.5, 0.6) is 0 Å². The molecular formula is C11H19NO2. The van der Waals surface area contributed by atoms with Crippen LogP contribution in [0.15, 0.2) is 0 Å². The Morgan fingerprint density at radius 1 is 1.29 bits per heavy atom. The minimum atomic E-state index is -0.623. The standard InChI is InChI=1S/C11H19NO2/c13-10(14)9-6-11(8-12-7-9)4-2-1-3-5-11/h9,12H,1-8H2,(H,13,14). The van der Waals surface area contributed by atoms with Crippen LogP contribution in [0.4, 0.5) is 0 Å². The molecular weight excluding hydrogens is 178 g/mol. The van der Waals surface area contributed by atoms with Gasteiger partial charge < -0.3 is 10.4 Å². The van der Waals surface area contributed by atoms with Crippen molar-refractivity contribution >= 4 is 5.97 Å². The van der Waals surface area contributed by atoms with Crippen molar-refractivity contribution < 1.29 is 9.90 Å². The van der Waals surface area contributed by atoms with Crippen LogP contribution >= 0.6 is 0 Å². The Kier molecular flexibility index (Phi) is 2.77. The molecule has 0 amide bonds. The molecule has 1 spiro atoms. The molecule has 1 heterocycles. The molecule has 2 fully saturated rings. The molecule has 0 aromatic heterocycles. The lowest BCUT2D eigenvalue weighted by atomic mass is 9.67. The lowest BCUT2D eigenvalue weighted by molar-refractivity contribution is -0.144. The number of nitrogens with one attached hydrogen (secondary N) is 1. The number of rotatable bonds is 1. The minimum absolute atomic E-state index is 0.151. The van der Waals surface area contributed by atoms with E-state index in [2.05, 4.69) is 5.32 Å². The topological polar surface area (TPSA) is 49.3 Å². The van der Waals surface area contributed by atoms with Crippen molar-refractivity contribution in [1.82, 2.24) is 5.32 Å². The molecule has 1 aliphatic carbocycles. The van der Waals surface area contributed by atoms with Crippen molar-refractivity contribution in [2.24, 2.45) is 11.3 Å². The van der Waals surface area contributed by atoms with Gasteiger partial charge in [-0.3, -0.25) is 4.79 Å². The summed E-state index contributed by atoms with van der Waals surface area (Å²) in [7, 11) is 0. The summed E-state index contributed by atoms with van der Waals surface area (Å²) in [6.07, 6.45) is 7.25. The number of hydrogen-bond acceptors (Lipinski definition) is 2. The van der Waals surface area contributed by atoms with Gasteiger partial charge in [-0.2, -0.15) is 0 Å². The van der Waals surface area contributed by atoms with Crippen LogP contribution in [-0.2, 0) is 4.79 Å². The van der Waals surface area contributed by atoms with Gasteiger partial charge in [0.05, 0.1) is 5.92 Å². The highest BCUT2D eigenvalue weighted by atomic mass is 16.4. The van der Waals surface area contributed by atoms with Crippen LogP contribution in [0.1, 0.15) is 38.5 Å². The molecule has 1 saturated carbocycles. The smallest absolute Gasteiger partial charge is 0.307 e. The third-order valence-electron chi connectivity index (χ3n) is 3.83. The summed E-state index contributed by atoms with van der Waals surface area (Å²) in [5.74, 6) is -0.774. The molecule has 0 bridgehead atoms. The largest absolute Gasteiger partial charge is 0.481 e. The predicted molar refractivity (Wildman–Crippen MR) is 54.1 cm³/mol. The summed E-state index contributed by atoms with van der Waals surface area (Å²) in [4.78, 5) is 10.9. The van der Waals surface area contributed by atoms with E-state index in [0.717, 1.165) is 13.0 Å². The van der Waals surface area contributed by atoms with Crippen LogP contribution < -0.4 is 5.32 Å². The Balaban J connectivity index is 2.01. The van der Waals surface area contributed by atoms with Gasteiger partial charge in [-0.15, -0.1) is 0 Å². The van der Waals surface area contributed by atoms with E-state index < -0.39 is 5.97 Å². The summed E-state index contributed by atoms with van der Waals surface area (Å²) < 4.78 is 0. The van der Waals surface area contributed by atoms with Crippen molar-refractivity contribution in [3.8, 4) is 0 Å². The van der Waals surface area contributed by atoms with Crippen molar-refractivity contribution in [3.63, 3.8) is 0 Å². The van der Waals surface area contributed by atoms with Crippen LogP contribution in [0.2, 0.25) is 0 Å². The zero-order chi connectivity index (χ0) is 10.0. The second-order valence-electron chi connectivity index (χ2n) is 4.93. The Hall–Kier alpha value is -0.570. The van der Waals surface area contributed by atoms with Gasteiger partial charge in [-0.05, 0) is 24.7 Å². The zero-order valence-electron chi connectivity index (χ0n) is 8.59. The van der Waals surface area contributed by atoms with Gasteiger partial charge in [0.1, 0.15) is 0 Å². The highest BCUT2D eigenvalue weighted by Gasteiger charge is 2.39. The molecule has 1 aliphatic heterocycles. The van der Waals surface area contributed by atoms with Crippen molar-refractivity contribution in [1.29, 1.82) is 0 Å². The molecule has 0 aromatic carbocycles. The molecule has 3 nitrogen and oxygen atoms in total. The number of carbonyl (C=O) groups is 1. The van der Waals surface area contributed by atoms with E-state index in [0.29, 0.717) is 12.0 Å². The lowest BCUT2D eigenvalue weighted by Gasteiger charge is -2.43. The molecule has 2 rings (SSSR count). The summed E-state index contributed by atoms with van der Waals surface area (Å²) in [5.41, 5.74) is 0.319. The molecule has 0 aromatic rings. The van der Waals surface area contributed by atoms with Gasteiger partial charge in [0, 0.05) is 13.1 Å². The van der Waals surface area contributed by atoms with Gasteiger partial charge in [0.15, 0.2) is 0 Å². The van der Waals surface area contributed by atoms with E-state index in [-0.39, 0.29) is 5.92 Å². The Morgan fingerprint density at radius 3 is 2.64 bits per heavy atom. The molecule has 0 radical (unpaired) electrons. The number of hydrogen-bond donors (Lipinski definition) is 2. The molecule has 14 heavy (non-hydrogen) atoms. The average molecular weight is 197 g/mol. The summed E-state index contributed by atoms with van der Waals surface area (Å²) in [6.45, 7) is 1.70. The fourth-order valence-electron chi connectivity index (χ4n) is 3.04. The zero-order valence-corrected chi connectivity index (χ0v) is 8.59. The first kappa shape index (κ1) is 9.97. The van der Waals surface area contributed by atoms with Crippen molar-refractivity contribution in [3.05, 3.63) is 0 Å². The highest BCUT2D eigenvalue weighted by Crippen LogP contribution is 2.42. The molecule has 1 saturated heterocycles. The van der Waals surface area contributed by atoms with Crippen molar-refractivity contribution in [2.45, 2.75) is 38.5 Å². The second-order valence-corrected chi connectivity index (χ2v) is 4.93. The first-order valence-electron chi connectivity index (χ1n) is 5.65. The van der Waals surface area contributed by atoms with Gasteiger partial charge >= 0.3 is 5.97 Å². The molecule has 1 atom stereocenters. The van der Waals surface area contributed by atoms with E-state index in [1.807, 2.05) is 0 Å². The summed E-state index contributed by atoms with van der Waals surface area (Å²) in [5, 5.41) is 12.3. The van der Waals surface area contributed by atoms with E-state index in [1.165, 1.54) is 32.1 Å². The fraction of sp³-hybridized carbons (Fsp3) is 0.909. The fourth-order valence-corrected chi connectivity index (χ4v) is 3.04. The number of piperidine rings is 1. The Labute approximate surface area is 84.9 Å². The molecule has 1 unspecified atom stereocenters. The Morgan fingerprint density at radius 2 is 2.00 bits per heavy atom. The lowest BCUT2D eigenvalue weighted by Crippen LogP contribution is -2.47. The summed E-state index contributed by atoms with van der Waals surface area (Å²) in [6, 6.07) is 0. The SMILES string of the molecule is O=C(O)C1CNCC2(CCCCC2)C1. The maximum absolute atomic E-state index is 10.9. The number of carboxylic acids is 1. The Bertz CT molecular complexity index is 216. The normalized spacial score (nSPS) is 31.6. The average Bonchev–Trinajstić information content (AvgIpc) is 2.19. The van der Waals surface area contributed by atoms with Crippen LogP contribution in [0, 0.1) is 11.3 Å². The predicted octanol–water partition coefficient (Wildman–Crippen LogP) is 1.63. The summed E-state index contributed by atoms with van der Waals surface area (Å²) >= 11 is 0. The van der Waals surface area contributed by atoms with E-state index in [9.17, 15) is 4.79 Å². The van der Waals surface area contributed by atoms with Gasteiger partial charge in [-0.25, -0.2) is 0 Å². The molecule has 2 N–H and O–H groups in total. The molecule has 80 valence electrons. The monoisotopic (exact) mass is 197 g/mol. The van der Waals surface area contributed by atoms with Crippen molar-refractivity contribution in [2.75, 3.05) is 13.1 Å². The molecule has 2 aliphatic rings. The quantitative estimate of drug-likeness (QED) is 0.671. The van der Waals surface area contributed by atoms with Gasteiger partial charge in [0.2, 0.25) is 0 Å². The first-order chi connectivity index (χ1) is 6.72. The van der Waals surface area contributed by atoms with E-state index >= 15 is 0 Å². The van der Waals surface area contributed by atoms with Crippen LogP contribution in [0.25, 0.3) is 0 Å². The number of aliphatic carboxylic acids is 1. The maximum Gasteiger partial charge on any atom is 0.307 e. The third kappa shape index (κ3) is 1.92.